The molecule has 1 aromatic heterocycles. The third-order valence-electron chi connectivity index (χ3n) is 6.57. The van der Waals surface area contributed by atoms with Crippen molar-refractivity contribution >= 4 is 51.3 Å². The van der Waals surface area contributed by atoms with Gasteiger partial charge in [-0.05, 0) is 77.8 Å². The van der Waals surface area contributed by atoms with Crippen molar-refractivity contribution in [2.45, 2.75) is 71.2 Å². The number of para-hydroxylation sites is 1. The molecule has 0 aliphatic heterocycles. The van der Waals surface area contributed by atoms with Gasteiger partial charge < -0.3 is 41.4 Å². The first-order valence-electron chi connectivity index (χ1n) is 14.2. The van der Waals surface area contributed by atoms with E-state index in [1.54, 1.807) is 20.8 Å². The summed E-state index contributed by atoms with van der Waals surface area (Å²) in [6.07, 6.45) is 0.749. The first kappa shape index (κ1) is 32.4. The van der Waals surface area contributed by atoms with Crippen LogP contribution in [0.4, 0.5) is 10.5 Å². The topological polar surface area (TPSA) is 177 Å². The molecule has 0 radical (unpaired) electrons. The Kier molecular flexibility index (Phi) is 11.3. The lowest BCUT2D eigenvalue weighted by Crippen LogP contribution is -2.53. The normalized spacial score (nSPS) is 12.9. The number of rotatable bonds is 13. The zero-order valence-electron chi connectivity index (χ0n) is 24.7. The Labute approximate surface area is 245 Å². The van der Waals surface area contributed by atoms with Crippen LogP contribution in [0.2, 0.25) is 0 Å². The molecule has 0 fully saturated rings. The summed E-state index contributed by atoms with van der Waals surface area (Å²) < 4.78 is 7.31. The second-order valence-corrected chi connectivity index (χ2v) is 11.0. The van der Waals surface area contributed by atoms with Gasteiger partial charge in [0, 0.05) is 34.0 Å². The van der Waals surface area contributed by atoms with Gasteiger partial charge in [0.15, 0.2) is 0 Å². The number of anilines is 1. The molecule has 3 rings (SSSR count). The van der Waals surface area contributed by atoms with Crippen LogP contribution < -0.4 is 27.0 Å². The van der Waals surface area contributed by atoms with Gasteiger partial charge in [-0.15, -0.1) is 0 Å². The monoisotopic (exact) mass is 582 g/mol. The highest BCUT2D eigenvalue weighted by atomic mass is 16.6. The van der Waals surface area contributed by atoms with Crippen LogP contribution in [0.5, 0.6) is 0 Å². The number of carbonyl (C=O) groups excluding carboxylic acids is 4. The van der Waals surface area contributed by atoms with E-state index in [4.69, 9.17) is 10.5 Å². The summed E-state index contributed by atoms with van der Waals surface area (Å²) in [5.41, 5.74) is 7.59. The summed E-state index contributed by atoms with van der Waals surface area (Å²) in [5, 5.41) is 21.8. The number of nitrogens with two attached hydrogens (primary N) is 1. The van der Waals surface area contributed by atoms with Crippen molar-refractivity contribution in [2.75, 3.05) is 25.0 Å². The summed E-state index contributed by atoms with van der Waals surface area (Å²) >= 11 is 0. The van der Waals surface area contributed by atoms with Crippen LogP contribution in [0.1, 0.15) is 47.0 Å². The first-order valence-corrected chi connectivity index (χ1v) is 14.2. The van der Waals surface area contributed by atoms with Gasteiger partial charge in [-0.3, -0.25) is 14.4 Å². The Morgan fingerprint density at radius 3 is 2.33 bits per heavy atom. The average Bonchev–Trinajstić information content (AvgIpc) is 3.26. The predicted octanol–water partition coefficient (Wildman–Crippen LogP) is 2.37. The molecule has 42 heavy (non-hydrogen) atoms. The highest BCUT2D eigenvalue weighted by molar-refractivity contribution is 6.10. The van der Waals surface area contributed by atoms with E-state index in [1.807, 2.05) is 36.4 Å². The number of aliphatic hydroxyl groups excluding tert-OH is 1. The van der Waals surface area contributed by atoms with Gasteiger partial charge in [0.1, 0.15) is 17.7 Å². The van der Waals surface area contributed by atoms with Crippen LogP contribution in [-0.4, -0.2) is 70.9 Å². The molecule has 12 heteroatoms. The largest absolute Gasteiger partial charge is 0.444 e. The number of aliphatic hydroxyl groups is 1. The molecule has 4 amide bonds. The highest BCUT2D eigenvalue weighted by Crippen LogP contribution is 2.31. The maximum Gasteiger partial charge on any atom is 0.408 e. The smallest absolute Gasteiger partial charge is 0.408 e. The SMILES string of the molecule is CCn1c2ccccc2c2cc(NC(=O)[C@H](CCCCN)NC(=O)CNC(=O)[C@H](CO)NC(=O)OC(C)(C)C)ccc21. The number of fused-ring (bicyclic) bond motifs is 3. The first-order chi connectivity index (χ1) is 20.0. The van der Waals surface area contributed by atoms with Crippen molar-refractivity contribution in [3.05, 3.63) is 42.5 Å². The number of unbranched alkanes of at least 4 members (excludes halogenated alkanes) is 1. The third-order valence-corrected chi connectivity index (χ3v) is 6.57. The van der Waals surface area contributed by atoms with E-state index in [0.29, 0.717) is 31.5 Å². The van der Waals surface area contributed by atoms with Gasteiger partial charge in [0.2, 0.25) is 17.7 Å². The molecule has 0 bridgehead atoms. The Morgan fingerprint density at radius 1 is 0.952 bits per heavy atom. The standard InChI is InChI=1S/C30H42N6O6/c1-5-36-24-12-7-6-10-20(24)21-16-19(13-14-25(21)36)33-28(40)22(11-8-9-15-31)34-26(38)17-32-27(39)23(18-37)35-29(41)42-30(2,3)4/h6-7,10,12-14,16,22-23,37H,5,8-9,11,15,17-18,31H2,1-4H3,(H,32,39)(H,33,40)(H,34,38)(H,35,41)/t22-,23-/m0/s1. The number of ether oxygens (including phenoxy) is 1. The number of hydrogen-bond donors (Lipinski definition) is 6. The number of aryl methyl sites for hydroxylation is 1. The number of nitrogens with zero attached hydrogens (tertiary/aromatic N) is 1. The van der Waals surface area contributed by atoms with Gasteiger partial charge in [-0.2, -0.15) is 0 Å². The molecule has 2 atom stereocenters. The minimum Gasteiger partial charge on any atom is -0.444 e. The van der Waals surface area contributed by atoms with Crippen molar-refractivity contribution in [2.24, 2.45) is 5.73 Å². The molecule has 12 nitrogen and oxygen atoms in total. The maximum absolute atomic E-state index is 13.3. The molecule has 0 spiro atoms. The lowest BCUT2D eigenvalue weighted by atomic mass is 10.1. The fraction of sp³-hybridized carbons (Fsp3) is 0.467. The Morgan fingerprint density at radius 2 is 1.67 bits per heavy atom. The lowest BCUT2D eigenvalue weighted by molar-refractivity contribution is -0.129. The summed E-state index contributed by atoms with van der Waals surface area (Å²) in [6, 6.07) is 11.6. The summed E-state index contributed by atoms with van der Waals surface area (Å²) in [7, 11) is 0. The lowest BCUT2D eigenvalue weighted by Gasteiger charge is -2.22. The third kappa shape index (κ3) is 8.67. The number of carbonyl (C=O) groups is 4. The molecule has 0 saturated heterocycles. The van der Waals surface area contributed by atoms with E-state index in [9.17, 15) is 24.3 Å². The molecular formula is C30H42N6O6. The van der Waals surface area contributed by atoms with E-state index in [1.165, 1.54) is 0 Å². The van der Waals surface area contributed by atoms with Crippen molar-refractivity contribution in [1.29, 1.82) is 0 Å². The van der Waals surface area contributed by atoms with Crippen LogP contribution in [0, 0.1) is 0 Å². The molecule has 7 N–H and O–H groups in total. The molecule has 0 aliphatic rings. The minimum atomic E-state index is -1.31. The van der Waals surface area contributed by atoms with Gasteiger partial charge in [0.05, 0.1) is 13.2 Å². The summed E-state index contributed by atoms with van der Waals surface area (Å²) in [6.45, 7) is 7.16. The number of alkyl carbamates (subject to hydrolysis) is 1. The molecule has 228 valence electrons. The van der Waals surface area contributed by atoms with Crippen LogP contribution in [0.3, 0.4) is 0 Å². The summed E-state index contributed by atoms with van der Waals surface area (Å²) in [4.78, 5) is 50.4. The summed E-state index contributed by atoms with van der Waals surface area (Å²) in [5.74, 6) is -1.78. The zero-order chi connectivity index (χ0) is 30.9. The molecule has 2 aromatic carbocycles. The van der Waals surface area contributed by atoms with Crippen molar-refractivity contribution in [1.82, 2.24) is 20.5 Å². The fourth-order valence-corrected chi connectivity index (χ4v) is 4.64. The van der Waals surface area contributed by atoms with E-state index in [-0.39, 0.29) is 0 Å². The van der Waals surface area contributed by atoms with Crippen LogP contribution in [-0.2, 0) is 25.7 Å². The molecular weight excluding hydrogens is 540 g/mol. The molecule has 0 saturated carbocycles. The number of amides is 4. The van der Waals surface area contributed by atoms with Gasteiger partial charge in [0.25, 0.3) is 0 Å². The van der Waals surface area contributed by atoms with Gasteiger partial charge >= 0.3 is 6.09 Å². The second-order valence-electron chi connectivity index (χ2n) is 11.0. The van der Waals surface area contributed by atoms with E-state index in [2.05, 4.69) is 38.8 Å². The minimum absolute atomic E-state index is 0.347. The van der Waals surface area contributed by atoms with Gasteiger partial charge in [-0.25, -0.2) is 4.79 Å². The molecule has 1 heterocycles. The highest BCUT2D eigenvalue weighted by Gasteiger charge is 2.25. The van der Waals surface area contributed by atoms with Crippen molar-refractivity contribution in [3.63, 3.8) is 0 Å². The molecule has 0 aliphatic carbocycles. The molecule has 3 aromatic rings. The second kappa shape index (κ2) is 14.6. The maximum atomic E-state index is 13.3. The van der Waals surface area contributed by atoms with E-state index in [0.717, 1.165) is 28.4 Å². The van der Waals surface area contributed by atoms with Gasteiger partial charge in [-0.1, -0.05) is 18.2 Å². The quantitative estimate of drug-likeness (QED) is 0.168. The molecule has 0 unspecified atom stereocenters. The Balaban J connectivity index is 1.65. The number of aromatic nitrogens is 1. The van der Waals surface area contributed by atoms with Crippen LogP contribution >= 0.6 is 0 Å². The Hall–Kier alpha value is -4.16. The van der Waals surface area contributed by atoms with E-state index >= 15 is 0 Å². The fourth-order valence-electron chi connectivity index (χ4n) is 4.64. The average molecular weight is 583 g/mol. The number of hydrogen-bond acceptors (Lipinski definition) is 7. The zero-order valence-corrected chi connectivity index (χ0v) is 24.7. The van der Waals surface area contributed by atoms with Crippen LogP contribution in [0.15, 0.2) is 42.5 Å². The number of nitrogens with one attached hydrogen (secondary N) is 4. The Bertz CT molecular complexity index is 1410. The number of benzene rings is 2. The van der Waals surface area contributed by atoms with Crippen LogP contribution in [0.25, 0.3) is 21.8 Å². The van der Waals surface area contributed by atoms with Crippen molar-refractivity contribution in [3.8, 4) is 0 Å². The van der Waals surface area contributed by atoms with E-state index < -0.39 is 54.7 Å². The van der Waals surface area contributed by atoms with Crippen molar-refractivity contribution < 1.29 is 29.0 Å². The predicted molar refractivity (Wildman–Crippen MR) is 162 cm³/mol.